The van der Waals surface area contributed by atoms with Crippen molar-refractivity contribution in [2.75, 3.05) is 6.61 Å². The van der Waals surface area contributed by atoms with E-state index in [0.717, 1.165) is 28.1 Å². The molecule has 0 aliphatic rings. The number of benzene rings is 2. The number of primary amides is 1. The van der Waals surface area contributed by atoms with Crippen molar-refractivity contribution in [3.8, 4) is 28.6 Å². The van der Waals surface area contributed by atoms with Gasteiger partial charge in [-0.1, -0.05) is 28.9 Å². The minimum Gasteiger partial charge on any atom is -0.484 e. The highest BCUT2D eigenvalue weighted by atomic mass is 35.5. The maximum absolute atomic E-state index is 10.8. The number of carbonyl (C=O) groups excluding carboxylic acids is 1. The lowest BCUT2D eigenvalue weighted by Crippen LogP contribution is -2.19. The molecular weight excluding hydrogens is 418 g/mol. The monoisotopic (exact) mass is 437 g/mol. The smallest absolute Gasteiger partial charge is 0.258 e. The van der Waals surface area contributed by atoms with E-state index in [2.05, 4.69) is 15.2 Å². The van der Waals surface area contributed by atoms with Crippen molar-refractivity contribution in [1.29, 1.82) is 0 Å². The second kappa shape index (κ2) is 8.61. The molecule has 2 aromatic heterocycles. The van der Waals surface area contributed by atoms with Crippen LogP contribution in [-0.2, 0) is 11.3 Å². The quantitative estimate of drug-likeness (QED) is 0.471. The van der Waals surface area contributed by atoms with Crippen LogP contribution in [0.25, 0.3) is 22.8 Å². The van der Waals surface area contributed by atoms with Gasteiger partial charge in [-0.3, -0.25) is 9.48 Å². The van der Waals surface area contributed by atoms with Gasteiger partial charge in [0, 0.05) is 11.1 Å². The van der Waals surface area contributed by atoms with Gasteiger partial charge < -0.3 is 15.0 Å². The van der Waals surface area contributed by atoms with Crippen molar-refractivity contribution >= 4 is 17.5 Å². The standard InChI is InChI=1S/C22H20ClN5O3/c1-13-20(23)14(2)28(26-13)11-15-4-3-5-17(10-15)22-25-21(27-31-22)16-6-8-18(9-7-16)30-12-19(24)29/h3-10H,11-12H2,1-2H3,(H2,24,29). The van der Waals surface area contributed by atoms with Gasteiger partial charge in [0.05, 0.1) is 23.0 Å². The lowest BCUT2D eigenvalue weighted by molar-refractivity contribution is -0.119. The number of hydrogen-bond donors (Lipinski definition) is 1. The van der Waals surface area contributed by atoms with Crippen LogP contribution >= 0.6 is 11.6 Å². The van der Waals surface area contributed by atoms with Crippen LogP contribution in [0.2, 0.25) is 5.02 Å². The highest BCUT2D eigenvalue weighted by Crippen LogP contribution is 2.25. The van der Waals surface area contributed by atoms with Crippen molar-refractivity contribution in [2.45, 2.75) is 20.4 Å². The number of nitrogens with zero attached hydrogens (tertiary/aromatic N) is 4. The molecule has 158 valence electrons. The molecule has 0 aliphatic heterocycles. The summed E-state index contributed by atoms with van der Waals surface area (Å²) in [5.74, 6) is 0.864. The van der Waals surface area contributed by atoms with E-state index in [9.17, 15) is 4.79 Å². The fraction of sp³-hybridized carbons (Fsp3) is 0.182. The number of hydrogen-bond acceptors (Lipinski definition) is 6. The number of aryl methyl sites for hydroxylation is 1. The largest absolute Gasteiger partial charge is 0.484 e. The lowest BCUT2D eigenvalue weighted by atomic mass is 10.1. The summed E-state index contributed by atoms with van der Waals surface area (Å²) in [5.41, 5.74) is 9.42. The van der Waals surface area contributed by atoms with E-state index in [1.54, 1.807) is 24.3 Å². The van der Waals surface area contributed by atoms with E-state index in [4.69, 9.17) is 26.6 Å². The second-order valence-electron chi connectivity index (χ2n) is 7.05. The molecule has 0 spiro atoms. The molecule has 4 rings (SSSR count). The number of nitrogens with two attached hydrogens (primary N) is 1. The molecule has 0 aliphatic carbocycles. The van der Waals surface area contributed by atoms with Crippen LogP contribution in [0.5, 0.6) is 5.75 Å². The molecule has 0 unspecified atom stereocenters. The summed E-state index contributed by atoms with van der Waals surface area (Å²) in [7, 11) is 0. The summed E-state index contributed by atoms with van der Waals surface area (Å²) in [5, 5.41) is 9.24. The first-order valence-corrected chi connectivity index (χ1v) is 9.92. The molecule has 4 aromatic rings. The van der Waals surface area contributed by atoms with Crippen LogP contribution in [0.3, 0.4) is 0 Å². The van der Waals surface area contributed by atoms with Gasteiger partial charge in [-0.25, -0.2) is 0 Å². The summed E-state index contributed by atoms with van der Waals surface area (Å²) in [4.78, 5) is 15.3. The molecule has 0 saturated carbocycles. The summed E-state index contributed by atoms with van der Waals surface area (Å²) in [6, 6.07) is 14.9. The molecular formula is C22H20ClN5O3. The van der Waals surface area contributed by atoms with Gasteiger partial charge in [0.25, 0.3) is 11.8 Å². The zero-order chi connectivity index (χ0) is 22.0. The summed E-state index contributed by atoms with van der Waals surface area (Å²) in [6.07, 6.45) is 0. The fourth-order valence-corrected chi connectivity index (χ4v) is 3.25. The normalized spacial score (nSPS) is 10.9. The van der Waals surface area contributed by atoms with Gasteiger partial charge in [-0.05, 0) is 55.8 Å². The maximum Gasteiger partial charge on any atom is 0.258 e. The Morgan fingerprint density at radius 1 is 1.16 bits per heavy atom. The van der Waals surface area contributed by atoms with Crippen molar-refractivity contribution in [3.63, 3.8) is 0 Å². The first-order chi connectivity index (χ1) is 14.9. The first-order valence-electron chi connectivity index (χ1n) is 9.55. The van der Waals surface area contributed by atoms with Gasteiger partial charge in [0.1, 0.15) is 5.75 Å². The van der Waals surface area contributed by atoms with Gasteiger partial charge in [0.2, 0.25) is 5.82 Å². The van der Waals surface area contributed by atoms with E-state index >= 15 is 0 Å². The van der Waals surface area contributed by atoms with Crippen molar-refractivity contribution in [2.24, 2.45) is 5.73 Å². The molecule has 8 nitrogen and oxygen atoms in total. The molecule has 0 atom stereocenters. The van der Waals surface area contributed by atoms with E-state index < -0.39 is 5.91 Å². The van der Waals surface area contributed by atoms with E-state index in [1.165, 1.54) is 0 Å². The molecule has 9 heteroatoms. The zero-order valence-corrected chi connectivity index (χ0v) is 17.8. The lowest BCUT2D eigenvalue weighted by Gasteiger charge is -2.05. The van der Waals surface area contributed by atoms with Gasteiger partial charge in [0.15, 0.2) is 6.61 Å². The maximum atomic E-state index is 10.8. The second-order valence-corrected chi connectivity index (χ2v) is 7.42. The first kappa shape index (κ1) is 20.6. The number of carbonyl (C=O) groups is 1. The van der Waals surface area contributed by atoms with E-state index in [0.29, 0.717) is 29.0 Å². The predicted octanol–water partition coefficient (Wildman–Crippen LogP) is 3.78. The molecule has 2 aromatic carbocycles. The Morgan fingerprint density at radius 3 is 2.61 bits per heavy atom. The third-order valence-corrected chi connectivity index (χ3v) is 5.27. The highest BCUT2D eigenvalue weighted by molar-refractivity contribution is 6.31. The Labute approximate surface area is 183 Å². The van der Waals surface area contributed by atoms with E-state index in [1.807, 2.05) is 42.8 Å². The van der Waals surface area contributed by atoms with Crippen LogP contribution < -0.4 is 10.5 Å². The Bertz CT molecular complexity index is 1230. The topological polar surface area (TPSA) is 109 Å². The predicted molar refractivity (Wildman–Crippen MR) is 116 cm³/mol. The van der Waals surface area contributed by atoms with Crippen LogP contribution in [0.15, 0.2) is 53.1 Å². The summed E-state index contributed by atoms with van der Waals surface area (Å²) in [6.45, 7) is 4.24. The highest BCUT2D eigenvalue weighted by Gasteiger charge is 2.13. The van der Waals surface area contributed by atoms with Crippen LogP contribution in [-0.4, -0.2) is 32.4 Å². The molecule has 0 fully saturated rings. The number of ether oxygens (including phenoxy) is 1. The molecule has 2 N–H and O–H groups in total. The minimum absolute atomic E-state index is 0.175. The average molecular weight is 438 g/mol. The molecule has 0 bridgehead atoms. The SMILES string of the molecule is Cc1nn(Cc2cccc(-c3nc(-c4ccc(OCC(N)=O)cc4)no3)c2)c(C)c1Cl. The van der Waals surface area contributed by atoms with Crippen molar-refractivity contribution < 1.29 is 14.1 Å². The summed E-state index contributed by atoms with van der Waals surface area (Å²) < 4.78 is 12.6. The Morgan fingerprint density at radius 2 is 1.94 bits per heavy atom. The Hall–Kier alpha value is -3.65. The molecule has 31 heavy (non-hydrogen) atoms. The number of halogens is 1. The van der Waals surface area contributed by atoms with Crippen LogP contribution in [0.4, 0.5) is 0 Å². The molecule has 0 saturated heterocycles. The number of rotatable bonds is 7. The number of aromatic nitrogens is 4. The third kappa shape index (κ3) is 4.59. The van der Waals surface area contributed by atoms with Crippen LogP contribution in [0, 0.1) is 13.8 Å². The van der Waals surface area contributed by atoms with Gasteiger partial charge in [-0.2, -0.15) is 10.1 Å². The molecule has 2 heterocycles. The Kier molecular flexibility index (Phi) is 5.73. The van der Waals surface area contributed by atoms with Gasteiger partial charge in [-0.15, -0.1) is 0 Å². The van der Waals surface area contributed by atoms with E-state index in [-0.39, 0.29) is 6.61 Å². The number of amides is 1. The van der Waals surface area contributed by atoms with Gasteiger partial charge >= 0.3 is 0 Å². The molecule has 0 radical (unpaired) electrons. The minimum atomic E-state index is -0.532. The summed E-state index contributed by atoms with van der Waals surface area (Å²) >= 11 is 6.25. The Balaban J connectivity index is 1.52. The third-order valence-electron chi connectivity index (χ3n) is 4.72. The van der Waals surface area contributed by atoms with Crippen LogP contribution in [0.1, 0.15) is 17.0 Å². The molecule has 1 amide bonds. The fourth-order valence-electron chi connectivity index (χ4n) is 3.12. The zero-order valence-electron chi connectivity index (χ0n) is 17.0. The average Bonchev–Trinajstić information content (AvgIpc) is 3.35. The van der Waals surface area contributed by atoms with Crippen molar-refractivity contribution in [1.82, 2.24) is 19.9 Å². The van der Waals surface area contributed by atoms with Crippen molar-refractivity contribution in [3.05, 3.63) is 70.5 Å².